The highest BCUT2D eigenvalue weighted by atomic mass is 19.1. The van der Waals surface area contributed by atoms with Crippen LogP contribution in [0.25, 0.3) is 0 Å². The summed E-state index contributed by atoms with van der Waals surface area (Å²) in [5.41, 5.74) is 1.97. The van der Waals surface area contributed by atoms with Gasteiger partial charge in [-0.1, -0.05) is 18.2 Å². The molecule has 142 valence electrons. The largest absolute Gasteiger partial charge is 0.492 e. The molecule has 1 N–H and O–H groups in total. The normalized spacial score (nSPS) is 15.6. The Bertz CT molecular complexity index is 807. The molecule has 1 atom stereocenters. The molecule has 0 saturated heterocycles. The number of hydrogen-bond donors (Lipinski definition) is 1. The zero-order valence-corrected chi connectivity index (χ0v) is 15.3. The molecule has 0 bridgehead atoms. The number of nitrogens with one attached hydrogen (secondary N) is 1. The fourth-order valence-corrected chi connectivity index (χ4v) is 3.09. The number of carbonyl (C=O) groups excluding carboxylic acids is 2. The van der Waals surface area contributed by atoms with Crippen LogP contribution in [0.15, 0.2) is 48.5 Å². The lowest BCUT2D eigenvalue weighted by Crippen LogP contribution is -2.33. The molecule has 2 aromatic carbocycles. The van der Waals surface area contributed by atoms with E-state index < -0.39 is 0 Å². The number of likely N-dealkylation sites (N-methyl/N-ethyl adjacent to an activating group) is 1. The average Bonchev–Trinajstić information content (AvgIpc) is 2.67. The quantitative estimate of drug-likeness (QED) is 0.814. The lowest BCUT2D eigenvalue weighted by atomic mass is 9.89. The van der Waals surface area contributed by atoms with Gasteiger partial charge in [0.15, 0.2) is 0 Å². The summed E-state index contributed by atoms with van der Waals surface area (Å²) in [7, 11) is 1.71. The van der Waals surface area contributed by atoms with Crippen molar-refractivity contribution in [2.24, 2.45) is 5.92 Å². The number of rotatable bonds is 7. The lowest BCUT2D eigenvalue weighted by Gasteiger charge is -2.25. The smallest absolute Gasteiger partial charge is 0.227 e. The summed E-state index contributed by atoms with van der Waals surface area (Å²) >= 11 is 0. The number of ether oxygens (including phenoxy) is 1. The van der Waals surface area contributed by atoms with Crippen molar-refractivity contribution in [2.45, 2.75) is 19.3 Å². The van der Waals surface area contributed by atoms with E-state index in [1.165, 1.54) is 12.1 Å². The van der Waals surface area contributed by atoms with Crippen molar-refractivity contribution >= 4 is 17.5 Å². The molecule has 6 heteroatoms. The molecule has 0 radical (unpaired) electrons. The van der Waals surface area contributed by atoms with Gasteiger partial charge in [0.2, 0.25) is 11.8 Å². The lowest BCUT2D eigenvalue weighted by molar-refractivity contribution is -0.130. The van der Waals surface area contributed by atoms with Gasteiger partial charge in [0, 0.05) is 25.1 Å². The van der Waals surface area contributed by atoms with Crippen molar-refractivity contribution in [1.82, 2.24) is 4.90 Å². The number of benzene rings is 2. The van der Waals surface area contributed by atoms with Crippen LogP contribution < -0.4 is 10.1 Å². The van der Waals surface area contributed by atoms with Gasteiger partial charge in [0.25, 0.3) is 0 Å². The molecular weight excluding hydrogens is 347 g/mol. The van der Waals surface area contributed by atoms with Crippen LogP contribution in [0, 0.1) is 11.7 Å². The Hall–Kier alpha value is -2.89. The topological polar surface area (TPSA) is 58.6 Å². The van der Waals surface area contributed by atoms with Gasteiger partial charge < -0.3 is 15.0 Å². The number of amides is 2. The van der Waals surface area contributed by atoms with Crippen molar-refractivity contribution in [1.29, 1.82) is 0 Å². The van der Waals surface area contributed by atoms with E-state index in [1.54, 1.807) is 24.1 Å². The van der Waals surface area contributed by atoms with Crippen molar-refractivity contribution < 1.29 is 18.7 Å². The van der Waals surface area contributed by atoms with Gasteiger partial charge in [-0.15, -0.1) is 0 Å². The molecule has 0 aromatic heterocycles. The number of anilines is 1. The Morgan fingerprint density at radius 2 is 1.96 bits per heavy atom. The summed E-state index contributed by atoms with van der Waals surface area (Å²) in [5.74, 6) is 0.0136. The fourth-order valence-electron chi connectivity index (χ4n) is 3.09. The first kappa shape index (κ1) is 18.9. The standard InChI is InChI=1S/C21H23FN2O3/c1-24(12-13-27-18-9-7-17(22)8-10-18)20(25)11-6-16-14-15-4-2-3-5-19(15)23-21(16)26/h2-5,7-10,16H,6,11-14H2,1H3,(H,23,26). The molecule has 0 saturated carbocycles. The number of hydrogen-bond acceptors (Lipinski definition) is 3. The van der Waals surface area contributed by atoms with Crippen LogP contribution in [0.1, 0.15) is 18.4 Å². The molecule has 0 spiro atoms. The summed E-state index contributed by atoms with van der Waals surface area (Å²) in [6.07, 6.45) is 1.49. The monoisotopic (exact) mass is 370 g/mol. The van der Waals surface area contributed by atoms with E-state index in [0.29, 0.717) is 38.2 Å². The molecule has 1 unspecified atom stereocenters. The molecular formula is C21H23FN2O3. The highest BCUT2D eigenvalue weighted by molar-refractivity contribution is 5.96. The molecule has 1 aliphatic rings. The fraction of sp³-hybridized carbons (Fsp3) is 0.333. The van der Waals surface area contributed by atoms with Gasteiger partial charge in [-0.3, -0.25) is 9.59 Å². The molecule has 2 aromatic rings. The summed E-state index contributed by atoms with van der Waals surface area (Å²) in [5, 5.41) is 2.91. The molecule has 0 aliphatic carbocycles. The second-order valence-corrected chi connectivity index (χ2v) is 6.70. The molecule has 3 rings (SSSR count). The van der Waals surface area contributed by atoms with Crippen LogP contribution >= 0.6 is 0 Å². The van der Waals surface area contributed by atoms with Crippen LogP contribution in [0.2, 0.25) is 0 Å². The summed E-state index contributed by atoms with van der Waals surface area (Å²) in [6, 6.07) is 13.5. The highest BCUT2D eigenvalue weighted by Crippen LogP contribution is 2.27. The average molecular weight is 370 g/mol. The van der Waals surface area contributed by atoms with Crippen LogP contribution in [0.4, 0.5) is 10.1 Å². The van der Waals surface area contributed by atoms with Gasteiger partial charge in [-0.2, -0.15) is 0 Å². The van der Waals surface area contributed by atoms with Crippen molar-refractivity contribution in [3.05, 3.63) is 59.9 Å². The molecule has 2 amide bonds. The maximum Gasteiger partial charge on any atom is 0.227 e. The molecule has 27 heavy (non-hydrogen) atoms. The molecule has 1 heterocycles. The third-order valence-electron chi connectivity index (χ3n) is 4.75. The van der Waals surface area contributed by atoms with E-state index >= 15 is 0 Å². The van der Waals surface area contributed by atoms with Crippen molar-refractivity contribution in [3.8, 4) is 5.75 Å². The number of para-hydroxylation sites is 1. The van der Waals surface area contributed by atoms with Gasteiger partial charge >= 0.3 is 0 Å². The Kier molecular flexibility index (Phi) is 6.06. The van der Waals surface area contributed by atoms with Gasteiger partial charge in [0.05, 0.1) is 6.54 Å². The third kappa shape index (κ3) is 5.06. The van der Waals surface area contributed by atoms with E-state index in [-0.39, 0.29) is 23.5 Å². The molecule has 1 aliphatic heterocycles. The minimum atomic E-state index is -0.316. The maximum absolute atomic E-state index is 12.9. The van der Waals surface area contributed by atoms with E-state index in [9.17, 15) is 14.0 Å². The Labute approximate surface area is 158 Å². The maximum atomic E-state index is 12.9. The third-order valence-corrected chi connectivity index (χ3v) is 4.75. The van der Waals surface area contributed by atoms with Crippen LogP contribution in [0.3, 0.4) is 0 Å². The Morgan fingerprint density at radius 1 is 1.22 bits per heavy atom. The first-order valence-electron chi connectivity index (χ1n) is 9.04. The predicted molar refractivity (Wildman–Crippen MR) is 101 cm³/mol. The van der Waals surface area contributed by atoms with E-state index in [4.69, 9.17) is 4.74 Å². The summed E-state index contributed by atoms with van der Waals surface area (Å²) in [6.45, 7) is 0.751. The number of fused-ring (bicyclic) bond motifs is 1. The van der Waals surface area contributed by atoms with Crippen molar-refractivity contribution in [3.63, 3.8) is 0 Å². The highest BCUT2D eigenvalue weighted by Gasteiger charge is 2.26. The predicted octanol–water partition coefficient (Wildman–Crippen LogP) is 3.25. The van der Waals surface area contributed by atoms with Crippen LogP contribution in [-0.4, -0.2) is 36.9 Å². The second kappa shape index (κ2) is 8.66. The summed E-state index contributed by atoms with van der Waals surface area (Å²) < 4.78 is 18.4. The minimum absolute atomic E-state index is 0.0237. The number of carbonyl (C=O) groups is 2. The van der Waals surface area contributed by atoms with Gasteiger partial charge in [-0.05, 0) is 48.7 Å². The second-order valence-electron chi connectivity index (χ2n) is 6.70. The van der Waals surface area contributed by atoms with E-state index in [2.05, 4.69) is 5.32 Å². The van der Waals surface area contributed by atoms with Crippen molar-refractivity contribution in [2.75, 3.05) is 25.5 Å². The Balaban J connectivity index is 1.42. The zero-order valence-electron chi connectivity index (χ0n) is 15.3. The van der Waals surface area contributed by atoms with Crippen LogP contribution in [-0.2, 0) is 16.0 Å². The number of halogens is 1. The van der Waals surface area contributed by atoms with Crippen LogP contribution in [0.5, 0.6) is 5.75 Å². The van der Waals surface area contributed by atoms with E-state index in [1.807, 2.05) is 24.3 Å². The first-order chi connectivity index (χ1) is 13.0. The Morgan fingerprint density at radius 3 is 2.74 bits per heavy atom. The van der Waals surface area contributed by atoms with E-state index in [0.717, 1.165) is 11.3 Å². The minimum Gasteiger partial charge on any atom is -0.492 e. The molecule has 0 fully saturated rings. The number of nitrogens with zero attached hydrogens (tertiary/aromatic N) is 1. The molecule has 5 nitrogen and oxygen atoms in total. The first-order valence-corrected chi connectivity index (χ1v) is 9.04. The summed E-state index contributed by atoms with van der Waals surface area (Å²) in [4.78, 5) is 26.1. The van der Waals surface area contributed by atoms with Gasteiger partial charge in [0.1, 0.15) is 18.2 Å². The zero-order chi connectivity index (χ0) is 19.2. The van der Waals surface area contributed by atoms with Gasteiger partial charge in [-0.25, -0.2) is 4.39 Å². The SMILES string of the molecule is CN(CCOc1ccc(F)cc1)C(=O)CCC1Cc2ccccc2NC1=O.